The first kappa shape index (κ1) is 8.52. The smallest absolute Gasteiger partial charge is 0.0297 e. The fourth-order valence-corrected chi connectivity index (χ4v) is 2.60. The van der Waals surface area contributed by atoms with Crippen LogP contribution in [0.1, 0.15) is 32.6 Å². The third kappa shape index (κ3) is 1.50. The van der Waals surface area contributed by atoms with Crippen molar-refractivity contribution in [3.8, 4) is 0 Å². The topological polar surface area (TPSA) is 29.3 Å². The van der Waals surface area contributed by atoms with Crippen molar-refractivity contribution in [3.63, 3.8) is 0 Å². The molecule has 2 nitrogen and oxygen atoms in total. The summed E-state index contributed by atoms with van der Waals surface area (Å²) in [4.78, 5) is 2.57. The summed E-state index contributed by atoms with van der Waals surface area (Å²) >= 11 is 0. The Morgan fingerprint density at radius 3 is 2.58 bits per heavy atom. The fourth-order valence-electron chi connectivity index (χ4n) is 2.60. The molecule has 0 aromatic heterocycles. The van der Waals surface area contributed by atoms with Gasteiger partial charge in [-0.05, 0) is 25.2 Å². The van der Waals surface area contributed by atoms with Crippen molar-refractivity contribution >= 4 is 0 Å². The Morgan fingerprint density at radius 2 is 2.08 bits per heavy atom. The van der Waals surface area contributed by atoms with Crippen LogP contribution < -0.4 is 5.73 Å². The first-order chi connectivity index (χ1) is 5.79. The van der Waals surface area contributed by atoms with Crippen LogP contribution in [0.25, 0.3) is 0 Å². The van der Waals surface area contributed by atoms with Gasteiger partial charge >= 0.3 is 0 Å². The minimum atomic E-state index is 0.477. The molecule has 2 fully saturated rings. The number of nitrogens with zero attached hydrogens (tertiary/aromatic N) is 1. The van der Waals surface area contributed by atoms with Crippen LogP contribution in [-0.2, 0) is 0 Å². The second kappa shape index (κ2) is 3.35. The van der Waals surface area contributed by atoms with Crippen molar-refractivity contribution in [1.29, 1.82) is 0 Å². The van der Waals surface area contributed by atoms with Crippen LogP contribution in [0.15, 0.2) is 0 Å². The van der Waals surface area contributed by atoms with Crippen LogP contribution in [0, 0.1) is 5.92 Å². The summed E-state index contributed by atoms with van der Waals surface area (Å²) in [5.41, 5.74) is 5.76. The second-order valence-corrected chi connectivity index (χ2v) is 4.46. The normalized spacial score (nSPS) is 38.5. The molecule has 1 saturated carbocycles. The van der Waals surface area contributed by atoms with Gasteiger partial charge in [0, 0.05) is 25.2 Å². The van der Waals surface area contributed by atoms with Crippen LogP contribution in [0.2, 0.25) is 0 Å². The molecule has 0 spiro atoms. The summed E-state index contributed by atoms with van der Waals surface area (Å²) in [7, 11) is 0. The molecule has 0 aromatic rings. The largest absolute Gasteiger partial charge is 0.325 e. The highest BCUT2D eigenvalue weighted by Crippen LogP contribution is 2.32. The molecule has 2 atom stereocenters. The molecule has 12 heavy (non-hydrogen) atoms. The Morgan fingerprint density at radius 1 is 1.33 bits per heavy atom. The summed E-state index contributed by atoms with van der Waals surface area (Å²) in [5, 5.41) is 0. The molecule has 0 aromatic carbocycles. The summed E-state index contributed by atoms with van der Waals surface area (Å²) in [6.07, 6.45) is 5.68. The molecule has 0 bridgehead atoms. The lowest BCUT2D eigenvalue weighted by Gasteiger charge is -2.41. The lowest BCUT2D eigenvalue weighted by Crippen LogP contribution is -2.58. The van der Waals surface area contributed by atoms with E-state index in [1.807, 2.05) is 0 Å². The highest BCUT2D eigenvalue weighted by molar-refractivity contribution is 4.91. The molecule has 2 unspecified atom stereocenters. The van der Waals surface area contributed by atoms with Gasteiger partial charge < -0.3 is 5.73 Å². The molecular formula is C10H20N2. The minimum absolute atomic E-state index is 0.477. The van der Waals surface area contributed by atoms with Gasteiger partial charge in [-0.15, -0.1) is 0 Å². The van der Waals surface area contributed by atoms with Crippen molar-refractivity contribution in [2.75, 3.05) is 13.1 Å². The van der Waals surface area contributed by atoms with E-state index in [1.165, 1.54) is 25.7 Å². The monoisotopic (exact) mass is 168 g/mol. The van der Waals surface area contributed by atoms with Crippen LogP contribution >= 0.6 is 0 Å². The molecule has 70 valence electrons. The molecule has 2 heteroatoms. The third-order valence-electron chi connectivity index (χ3n) is 3.55. The van der Waals surface area contributed by atoms with Gasteiger partial charge in [0.05, 0.1) is 0 Å². The fraction of sp³-hybridized carbons (Fsp3) is 1.00. The van der Waals surface area contributed by atoms with E-state index in [2.05, 4.69) is 11.8 Å². The second-order valence-electron chi connectivity index (χ2n) is 4.46. The maximum Gasteiger partial charge on any atom is 0.0297 e. The molecule has 2 aliphatic rings. The third-order valence-corrected chi connectivity index (χ3v) is 3.55. The Kier molecular flexibility index (Phi) is 2.37. The molecule has 0 radical (unpaired) electrons. The van der Waals surface area contributed by atoms with Gasteiger partial charge in [-0.2, -0.15) is 0 Å². The van der Waals surface area contributed by atoms with Crippen molar-refractivity contribution in [3.05, 3.63) is 0 Å². The number of hydrogen-bond acceptors (Lipinski definition) is 2. The van der Waals surface area contributed by atoms with Gasteiger partial charge in [-0.25, -0.2) is 0 Å². The Balaban J connectivity index is 1.76. The molecule has 1 heterocycles. The van der Waals surface area contributed by atoms with E-state index in [9.17, 15) is 0 Å². The molecule has 0 amide bonds. The zero-order valence-corrected chi connectivity index (χ0v) is 8.00. The van der Waals surface area contributed by atoms with E-state index in [-0.39, 0.29) is 0 Å². The minimum Gasteiger partial charge on any atom is -0.325 e. The summed E-state index contributed by atoms with van der Waals surface area (Å²) in [5.74, 6) is 1.01. The maximum atomic E-state index is 5.76. The van der Waals surface area contributed by atoms with E-state index in [4.69, 9.17) is 5.73 Å². The first-order valence-corrected chi connectivity index (χ1v) is 5.29. The molecule has 1 saturated heterocycles. The van der Waals surface area contributed by atoms with E-state index >= 15 is 0 Å². The predicted molar refractivity (Wildman–Crippen MR) is 51.0 cm³/mol. The highest BCUT2D eigenvalue weighted by Gasteiger charge is 2.34. The molecule has 2 N–H and O–H groups in total. The number of likely N-dealkylation sites (tertiary alicyclic amines) is 1. The Hall–Kier alpha value is -0.0800. The first-order valence-electron chi connectivity index (χ1n) is 5.29. The Bertz CT molecular complexity index is 152. The number of nitrogens with two attached hydrogens (primary N) is 1. The van der Waals surface area contributed by atoms with Crippen LogP contribution in [0.3, 0.4) is 0 Å². The van der Waals surface area contributed by atoms with Gasteiger partial charge in [0.25, 0.3) is 0 Å². The summed E-state index contributed by atoms with van der Waals surface area (Å²) in [6.45, 7) is 4.62. The van der Waals surface area contributed by atoms with Crippen molar-refractivity contribution in [1.82, 2.24) is 4.90 Å². The quantitative estimate of drug-likeness (QED) is 0.671. The molecular weight excluding hydrogens is 148 g/mol. The molecule has 1 aliphatic carbocycles. The van der Waals surface area contributed by atoms with Gasteiger partial charge in [-0.3, -0.25) is 4.90 Å². The van der Waals surface area contributed by atoms with E-state index in [0.717, 1.165) is 25.0 Å². The molecule has 2 rings (SSSR count). The SMILES string of the molecule is CCC1CCC(N2CC(N)C2)C1. The van der Waals surface area contributed by atoms with Crippen LogP contribution in [-0.4, -0.2) is 30.1 Å². The summed E-state index contributed by atoms with van der Waals surface area (Å²) < 4.78 is 0. The van der Waals surface area contributed by atoms with Gasteiger partial charge in [0.1, 0.15) is 0 Å². The van der Waals surface area contributed by atoms with E-state index in [0.29, 0.717) is 6.04 Å². The van der Waals surface area contributed by atoms with Gasteiger partial charge in [0.2, 0.25) is 0 Å². The summed E-state index contributed by atoms with van der Waals surface area (Å²) in [6, 6.07) is 1.36. The Labute approximate surface area is 75.1 Å². The van der Waals surface area contributed by atoms with Crippen molar-refractivity contribution in [2.24, 2.45) is 11.7 Å². The van der Waals surface area contributed by atoms with Crippen molar-refractivity contribution < 1.29 is 0 Å². The standard InChI is InChI=1S/C10H20N2/c1-2-8-3-4-10(5-8)12-6-9(11)7-12/h8-10H,2-7,11H2,1H3. The number of rotatable bonds is 2. The highest BCUT2D eigenvalue weighted by atomic mass is 15.2. The van der Waals surface area contributed by atoms with Gasteiger partial charge in [0.15, 0.2) is 0 Å². The van der Waals surface area contributed by atoms with E-state index in [1.54, 1.807) is 0 Å². The zero-order valence-electron chi connectivity index (χ0n) is 8.00. The molecule has 1 aliphatic heterocycles. The van der Waals surface area contributed by atoms with Gasteiger partial charge in [-0.1, -0.05) is 13.3 Å². The van der Waals surface area contributed by atoms with E-state index < -0.39 is 0 Å². The predicted octanol–water partition coefficient (Wildman–Crippen LogP) is 1.21. The lowest BCUT2D eigenvalue weighted by atomic mass is 10.0. The average Bonchev–Trinajstić information content (AvgIpc) is 2.46. The average molecular weight is 168 g/mol. The van der Waals surface area contributed by atoms with Crippen molar-refractivity contribution in [2.45, 2.75) is 44.7 Å². The zero-order chi connectivity index (χ0) is 8.55. The van der Waals surface area contributed by atoms with Crippen LogP contribution in [0.5, 0.6) is 0 Å². The van der Waals surface area contributed by atoms with Crippen LogP contribution in [0.4, 0.5) is 0 Å². The lowest BCUT2D eigenvalue weighted by molar-refractivity contribution is 0.0945. The maximum absolute atomic E-state index is 5.76. The number of hydrogen-bond donors (Lipinski definition) is 1.